The summed E-state index contributed by atoms with van der Waals surface area (Å²) in [4.78, 5) is 40.5. The number of rotatable bonds is 7. The van der Waals surface area contributed by atoms with Crippen LogP contribution in [0.5, 0.6) is 5.75 Å². The van der Waals surface area contributed by atoms with Crippen molar-refractivity contribution in [2.75, 3.05) is 7.11 Å². The van der Waals surface area contributed by atoms with Crippen molar-refractivity contribution in [2.45, 2.75) is 39.2 Å². The number of benzene rings is 1. The summed E-state index contributed by atoms with van der Waals surface area (Å²) in [5.41, 5.74) is 0.882. The third kappa shape index (κ3) is 5.08. The molecule has 0 saturated carbocycles. The molecule has 0 saturated heterocycles. The Bertz CT molecular complexity index is 1090. The van der Waals surface area contributed by atoms with Gasteiger partial charge in [0.1, 0.15) is 5.75 Å². The first-order valence-electron chi connectivity index (χ1n) is 9.59. The quantitative estimate of drug-likeness (QED) is 0.621. The third-order valence-electron chi connectivity index (χ3n) is 4.64. The van der Waals surface area contributed by atoms with E-state index in [1.54, 1.807) is 32.5 Å². The Morgan fingerprint density at radius 2 is 1.87 bits per heavy atom. The predicted molar refractivity (Wildman–Crippen MR) is 113 cm³/mol. The van der Waals surface area contributed by atoms with Crippen LogP contribution in [0.4, 0.5) is 0 Å². The first-order chi connectivity index (χ1) is 14.3. The lowest BCUT2D eigenvalue weighted by molar-refractivity contribution is -0.122. The minimum atomic E-state index is -0.530. The molecule has 0 aliphatic heterocycles. The van der Waals surface area contributed by atoms with Gasteiger partial charge in [-0.3, -0.25) is 9.59 Å². The number of aryl methyl sites for hydroxylation is 1. The largest absolute Gasteiger partial charge is 0.496 e. The Balaban J connectivity index is 1.73. The fraction of sp³-hybridized carbons (Fsp3) is 0.318. The Labute approximate surface area is 174 Å². The number of ether oxygens (including phenoxy) is 1. The lowest BCUT2D eigenvalue weighted by Crippen LogP contribution is -2.46. The van der Waals surface area contributed by atoms with Gasteiger partial charge in [0.25, 0.3) is 5.56 Å². The minimum Gasteiger partial charge on any atom is -0.496 e. The SMILES string of the molecule is COc1ccccc1CC(C)(C)NC(=O)Cc1c(C)nc(-c2ncccn2)[nH]c1=O. The van der Waals surface area contributed by atoms with E-state index in [0.717, 1.165) is 11.3 Å². The molecular weight excluding hydrogens is 382 g/mol. The maximum Gasteiger partial charge on any atom is 0.255 e. The maximum atomic E-state index is 12.7. The maximum absolute atomic E-state index is 12.7. The van der Waals surface area contributed by atoms with Crippen LogP contribution in [0.3, 0.4) is 0 Å². The van der Waals surface area contributed by atoms with Crippen LogP contribution in [-0.4, -0.2) is 38.5 Å². The summed E-state index contributed by atoms with van der Waals surface area (Å²) in [6, 6.07) is 9.37. The van der Waals surface area contributed by atoms with E-state index in [1.807, 2.05) is 38.1 Å². The average molecular weight is 407 g/mol. The number of para-hydroxylation sites is 1. The van der Waals surface area contributed by atoms with Gasteiger partial charge in [-0.1, -0.05) is 18.2 Å². The second-order valence-corrected chi connectivity index (χ2v) is 7.65. The molecule has 0 spiro atoms. The third-order valence-corrected chi connectivity index (χ3v) is 4.64. The van der Waals surface area contributed by atoms with Gasteiger partial charge in [0, 0.05) is 29.2 Å². The molecule has 0 unspecified atom stereocenters. The van der Waals surface area contributed by atoms with Crippen molar-refractivity contribution in [1.29, 1.82) is 0 Å². The van der Waals surface area contributed by atoms with E-state index in [1.165, 1.54) is 0 Å². The number of aromatic amines is 1. The average Bonchev–Trinajstić information content (AvgIpc) is 2.71. The fourth-order valence-corrected chi connectivity index (χ4v) is 3.30. The Hall–Kier alpha value is -3.55. The highest BCUT2D eigenvalue weighted by Gasteiger charge is 2.24. The molecule has 0 fully saturated rings. The van der Waals surface area contributed by atoms with Crippen molar-refractivity contribution in [1.82, 2.24) is 25.3 Å². The molecule has 0 radical (unpaired) electrons. The van der Waals surface area contributed by atoms with Crippen molar-refractivity contribution in [3.8, 4) is 17.4 Å². The lowest BCUT2D eigenvalue weighted by Gasteiger charge is -2.27. The number of amides is 1. The normalized spacial score (nSPS) is 11.2. The van der Waals surface area contributed by atoms with E-state index in [4.69, 9.17) is 4.74 Å². The lowest BCUT2D eigenvalue weighted by atomic mass is 9.94. The first-order valence-corrected chi connectivity index (χ1v) is 9.59. The summed E-state index contributed by atoms with van der Waals surface area (Å²) >= 11 is 0. The molecule has 0 bridgehead atoms. The predicted octanol–water partition coefficient (Wildman–Crippen LogP) is 2.22. The van der Waals surface area contributed by atoms with Crippen LogP contribution < -0.4 is 15.6 Å². The van der Waals surface area contributed by atoms with E-state index in [-0.39, 0.29) is 23.7 Å². The number of methoxy groups -OCH3 is 1. The molecule has 2 heterocycles. The smallest absolute Gasteiger partial charge is 0.255 e. The van der Waals surface area contributed by atoms with Gasteiger partial charge in [-0.15, -0.1) is 0 Å². The highest BCUT2D eigenvalue weighted by molar-refractivity contribution is 5.79. The molecule has 0 aliphatic carbocycles. The molecule has 1 aromatic carbocycles. The number of hydrogen-bond acceptors (Lipinski definition) is 6. The van der Waals surface area contributed by atoms with Crippen LogP contribution in [0.1, 0.15) is 30.7 Å². The molecule has 0 aliphatic rings. The van der Waals surface area contributed by atoms with Gasteiger partial charge in [0.2, 0.25) is 5.91 Å². The van der Waals surface area contributed by atoms with Crippen molar-refractivity contribution < 1.29 is 9.53 Å². The fourth-order valence-electron chi connectivity index (χ4n) is 3.30. The minimum absolute atomic E-state index is 0.0700. The summed E-state index contributed by atoms with van der Waals surface area (Å²) in [5, 5.41) is 3.01. The van der Waals surface area contributed by atoms with Gasteiger partial charge >= 0.3 is 0 Å². The molecule has 1 amide bonds. The second kappa shape index (κ2) is 8.86. The molecular formula is C22H25N5O3. The van der Waals surface area contributed by atoms with Gasteiger partial charge in [0.15, 0.2) is 11.6 Å². The Morgan fingerprint density at radius 3 is 2.53 bits per heavy atom. The summed E-state index contributed by atoms with van der Waals surface area (Å²) in [6.45, 7) is 5.56. The zero-order valence-electron chi connectivity index (χ0n) is 17.5. The molecule has 0 atom stereocenters. The van der Waals surface area contributed by atoms with E-state index in [2.05, 4.69) is 25.3 Å². The van der Waals surface area contributed by atoms with Crippen LogP contribution in [0.2, 0.25) is 0 Å². The molecule has 30 heavy (non-hydrogen) atoms. The van der Waals surface area contributed by atoms with Gasteiger partial charge < -0.3 is 15.0 Å². The van der Waals surface area contributed by atoms with Gasteiger partial charge in [-0.2, -0.15) is 0 Å². The van der Waals surface area contributed by atoms with Crippen LogP contribution in [0.15, 0.2) is 47.5 Å². The summed E-state index contributed by atoms with van der Waals surface area (Å²) in [6.07, 6.45) is 3.66. The molecule has 2 N–H and O–H groups in total. The summed E-state index contributed by atoms with van der Waals surface area (Å²) < 4.78 is 5.39. The number of nitrogens with one attached hydrogen (secondary N) is 2. The standard InChI is InChI=1S/C22H25N5O3/c1-14-16(21(29)26-20(25-14)19-23-10-7-11-24-19)12-18(28)27-22(2,3)13-15-8-5-6-9-17(15)30-4/h5-11H,12-13H2,1-4H3,(H,27,28)(H,25,26,29). The summed E-state index contributed by atoms with van der Waals surface area (Å²) in [5.74, 6) is 1.12. The zero-order chi connectivity index (χ0) is 21.7. The summed E-state index contributed by atoms with van der Waals surface area (Å²) in [7, 11) is 1.62. The van der Waals surface area contributed by atoms with E-state index in [0.29, 0.717) is 23.5 Å². The molecule has 2 aromatic heterocycles. The van der Waals surface area contributed by atoms with Gasteiger partial charge in [-0.25, -0.2) is 15.0 Å². The van der Waals surface area contributed by atoms with Crippen LogP contribution >= 0.6 is 0 Å². The number of nitrogens with zero attached hydrogens (tertiary/aromatic N) is 3. The number of carbonyl (C=O) groups excluding carboxylic acids is 1. The number of H-pyrrole nitrogens is 1. The van der Waals surface area contributed by atoms with Gasteiger partial charge in [0.05, 0.1) is 13.5 Å². The van der Waals surface area contributed by atoms with Crippen molar-refractivity contribution >= 4 is 5.91 Å². The monoisotopic (exact) mass is 407 g/mol. The Kier molecular flexibility index (Phi) is 6.25. The number of hydrogen-bond donors (Lipinski definition) is 2. The van der Waals surface area contributed by atoms with Crippen molar-refractivity contribution in [2.24, 2.45) is 0 Å². The molecule has 3 aromatic rings. The topological polar surface area (TPSA) is 110 Å². The molecule has 8 heteroatoms. The van der Waals surface area contributed by atoms with Crippen molar-refractivity contribution in [3.63, 3.8) is 0 Å². The van der Waals surface area contributed by atoms with Crippen LogP contribution in [0, 0.1) is 6.92 Å². The van der Waals surface area contributed by atoms with Crippen molar-refractivity contribution in [3.05, 3.63) is 69.9 Å². The van der Waals surface area contributed by atoms with Crippen LogP contribution in [-0.2, 0) is 17.6 Å². The second-order valence-electron chi connectivity index (χ2n) is 7.65. The molecule has 3 rings (SSSR count). The first kappa shape index (κ1) is 21.2. The molecule has 156 valence electrons. The van der Waals surface area contributed by atoms with E-state index in [9.17, 15) is 9.59 Å². The number of aromatic nitrogens is 4. The zero-order valence-corrected chi connectivity index (χ0v) is 17.5. The van der Waals surface area contributed by atoms with Gasteiger partial charge in [-0.05, 0) is 44.9 Å². The Morgan fingerprint density at radius 1 is 1.17 bits per heavy atom. The number of carbonyl (C=O) groups is 1. The molecule has 8 nitrogen and oxygen atoms in total. The highest BCUT2D eigenvalue weighted by atomic mass is 16.5. The van der Waals surface area contributed by atoms with Crippen LogP contribution in [0.25, 0.3) is 11.6 Å². The van der Waals surface area contributed by atoms with E-state index < -0.39 is 5.54 Å². The van der Waals surface area contributed by atoms with E-state index >= 15 is 0 Å². The highest BCUT2D eigenvalue weighted by Crippen LogP contribution is 2.22.